The van der Waals surface area contributed by atoms with Crippen molar-refractivity contribution in [3.05, 3.63) is 48.6 Å². The van der Waals surface area contributed by atoms with E-state index in [9.17, 15) is 14.3 Å². The zero-order valence-electron chi connectivity index (χ0n) is 42.1. The minimum absolute atomic E-state index is 0.0862. The van der Waals surface area contributed by atoms with Crippen LogP contribution in [0.25, 0.3) is 0 Å². The lowest BCUT2D eigenvalue weighted by atomic mass is 10.0. The van der Waals surface area contributed by atoms with Gasteiger partial charge < -0.3 is 18.9 Å². The van der Waals surface area contributed by atoms with Crippen LogP contribution in [0, 0.1) is 0 Å². The molecule has 1 N–H and O–H groups in total. The van der Waals surface area contributed by atoms with Gasteiger partial charge in [0.2, 0.25) is 0 Å². The van der Waals surface area contributed by atoms with Gasteiger partial charge in [-0.3, -0.25) is 13.8 Å². The van der Waals surface area contributed by atoms with E-state index in [4.69, 9.17) is 18.5 Å². The first-order chi connectivity index (χ1) is 30.6. The Morgan fingerprint density at radius 2 is 0.873 bits per heavy atom. The van der Waals surface area contributed by atoms with Crippen LogP contribution in [-0.2, 0) is 27.9 Å². The minimum atomic E-state index is -4.28. The van der Waals surface area contributed by atoms with Crippen LogP contribution >= 0.6 is 7.82 Å². The van der Waals surface area contributed by atoms with Gasteiger partial charge >= 0.3 is 13.8 Å². The van der Waals surface area contributed by atoms with Gasteiger partial charge in [0.05, 0.1) is 34.4 Å². The van der Waals surface area contributed by atoms with Gasteiger partial charge in [-0.2, -0.15) is 0 Å². The molecule has 63 heavy (non-hydrogen) atoms. The summed E-state index contributed by atoms with van der Waals surface area (Å²) in [5.41, 5.74) is 0. The Bertz CT molecular complexity index is 1150. The number of hydrogen-bond donors (Lipinski definition) is 1. The number of quaternary nitrogens is 1. The molecule has 0 saturated carbocycles. The van der Waals surface area contributed by atoms with Gasteiger partial charge in [0.1, 0.15) is 19.3 Å². The van der Waals surface area contributed by atoms with Gasteiger partial charge in [0.25, 0.3) is 0 Å². The molecule has 0 aliphatic rings. The monoisotopic (exact) mass is 909 g/mol. The molecule has 0 fully saturated rings. The first kappa shape index (κ1) is 61.5. The SMILES string of the molecule is CCCCC/C=C\C/C=C\CCCCCCCCCCOCC(COP(=O)(O)OCC[N+](C)(C)C)OC(=O)CCCCCCCCCCCCC/C=C\C/C=C\CCCCCCC. The summed E-state index contributed by atoms with van der Waals surface area (Å²) in [4.78, 5) is 23.0. The molecule has 370 valence electrons. The topological polar surface area (TPSA) is 91.3 Å². The van der Waals surface area contributed by atoms with E-state index >= 15 is 0 Å². The molecular weight excluding hydrogens is 806 g/mol. The normalized spacial score (nSPS) is 13.9. The number of rotatable bonds is 49. The quantitative estimate of drug-likeness (QED) is 0.0214. The summed E-state index contributed by atoms with van der Waals surface area (Å²) in [6, 6.07) is 0. The zero-order chi connectivity index (χ0) is 46.2. The lowest BCUT2D eigenvalue weighted by Crippen LogP contribution is -2.37. The van der Waals surface area contributed by atoms with Gasteiger partial charge in [-0.1, -0.05) is 197 Å². The third kappa shape index (κ3) is 51.3. The lowest BCUT2D eigenvalue weighted by Gasteiger charge is -2.24. The molecule has 0 radical (unpaired) electrons. The third-order valence-corrected chi connectivity index (χ3v) is 12.3. The number of ether oxygens (including phenoxy) is 2. The number of carbonyl (C=O) groups excluding carboxylic acids is 1. The number of carbonyl (C=O) groups is 1. The second-order valence-corrected chi connectivity index (χ2v) is 20.4. The largest absolute Gasteiger partial charge is 0.472 e. The molecule has 0 aromatic carbocycles. The van der Waals surface area contributed by atoms with Crippen molar-refractivity contribution < 1.29 is 37.3 Å². The van der Waals surface area contributed by atoms with E-state index in [1.807, 2.05) is 21.1 Å². The fourth-order valence-electron chi connectivity index (χ4n) is 7.26. The summed E-state index contributed by atoms with van der Waals surface area (Å²) in [5.74, 6) is -0.317. The van der Waals surface area contributed by atoms with Gasteiger partial charge in [0, 0.05) is 13.0 Å². The molecule has 0 aliphatic carbocycles. The molecular formula is C54H103NO7P+. The van der Waals surface area contributed by atoms with E-state index in [-0.39, 0.29) is 25.8 Å². The molecule has 0 aliphatic heterocycles. The van der Waals surface area contributed by atoms with E-state index in [2.05, 4.69) is 62.5 Å². The second-order valence-electron chi connectivity index (χ2n) is 18.9. The number of likely N-dealkylation sites (N-methyl/N-ethyl adjacent to an activating group) is 1. The van der Waals surface area contributed by atoms with Crippen molar-refractivity contribution in [3.63, 3.8) is 0 Å². The Morgan fingerprint density at radius 1 is 0.492 bits per heavy atom. The number of nitrogens with zero attached hydrogens (tertiary/aromatic N) is 1. The van der Waals surface area contributed by atoms with Crippen molar-refractivity contribution in [2.24, 2.45) is 0 Å². The van der Waals surface area contributed by atoms with Crippen LogP contribution in [0.15, 0.2) is 48.6 Å². The molecule has 9 heteroatoms. The maximum atomic E-state index is 12.8. The number of phosphoric ester groups is 1. The third-order valence-electron chi connectivity index (χ3n) is 11.4. The van der Waals surface area contributed by atoms with Crippen molar-refractivity contribution >= 4 is 13.8 Å². The van der Waals surface area contributed by atoms with Crippen molar-refractivity contribution in [3.8, 4) is 0 Å². The lowest BCUT2D eigenvalue weighted by molar-refractivity contribution is -0.870. The van der Waals surface area contributed by atoms with E-state index in [0.29, 0.717) is 24.1 Å². The average molecular weight is 909 g/mol. The smallest absolute Gasteiger partial charge is 0.457 e. The van der Waals surface area contributed by atoms with Crippen molar-refractivity contribution in [1.29, 1.82) is 0 Å². The standard InChI is InChI=1S/C54H102NO7P/c1-6-8-10-12-14-16-18-20-22-24-26-27-28-29-30-31-33-35-37-39-41-43-45-47-54(56)62-53(52-61-63(57,58)60-50-48-55(3,4)5)51-59-49-46-44-42-40-38-36-34-32-25-23-21-19-17-15-13-11-9-7-2/h15,17-18,20-21,23-24,26,53H,6-14,16,19,22,25,27-52H2,1-5H3/p+1/b17-15-,20-18-,23-21-,26-24-. The van der Waals surface area contributed by atoms with Crippen molar-refractivity contribution in [2.45, 2.75) is 238 Å². The average Bonchev–Trinajstić information content (AvgIpc) is 3.24. The number of hydrogen-bond acceptors (Lipinski definition) is 6. The van der Waals surface area contributed by atoms with Gasteiger partial charge in [-0.15, -0.1) is 0 Å². The predicted octanol–water partition coefficient (Wildman–Crippen LogP) is 16.3. The van der Waals surface area contributed by atoms with Crippen LogP contribution in [0.1, 0.15) is 232 Å². The molecule has 0 spiro atoms. The van der Waals surface area contributed by atoms with Crippen LogP contribution in [0.2, 0.25) is 0 Å². The number of esters is 1. The van der Waals surface area contributed by atoms with Crippen LogP contribution < -0.4 is 0 Å². The molecule has 2 atom stereocenters. The van der Waals surface area contributed by atoms with Crippen LogP contribution in [0.3, 0.4) is 0 Å². The van der Waals surface area contributed by atoms with Crippen LogP contribution in [0.5, 0.6) is 0 Å². The molecule has 2 unspecified atom stereocenters. The van der Waals surface area contributed by atoms with E-state index in [1.165, 1.54) is 167 Å². The summed E-state index contributed by atoms with van der Waals surface area (Å²) in [7, 11) is 1.66. The molecule has 0 bridgehead atoms. The summed E-state index contributed by atoms with van der Waals surface area (Å²) < 4.78 is 35.2. The molecule has 0 aromatic heterocycles. The Hall–Kier alpha value is -1.54. The van der Waals surface area contributed by atoms with E-state index in [1.54, 1.807) is 0 Å². The molecule has 0 aromatic rings. The molecule has 0 amide bonds. The summed E-state index contributed by atoms with van der Waals surface area (Å²) in [6.07, 6.45) is 58.7. The summed E-state index contributed by atoms with van der Waals surface area (Å²) >= 11 is 0. The Morgan fingerprint density at radius 3 is 1.32 bits per heavy atom. The highest BCUT2D eigenvalue weighted by Crippen LogP contribution is 2.43. The van der Waals surface area contributed by atoms with E-state index in [0.717, 1.165) is 44.9 Å². The van der Waals surface area contributed by atoms with Crippen LogP contribution in [0.4, 0.5) is 0 Å². The maximum Gasteiger partial charge on any atom is 0.472 e. The highest BCUT2D eigenvalue weighted by Gasteiger charge is 2.26. The predicted molar refractivity (Wildman–Crippen MR) is 270 cm³/mol. The number of unbranched alkanes of at least 4 members (excludes halogenated alkanes) is 27. The summed E-state index contributed by atoms with van der Waals surface area (Å²) in [5, 5.41) is 0. The van der Waals surface area contributed by atoms with E-state index < -0.39 is 13.9 Å². The highest BCUT2D eigenvalue weighted by atomic mass is 31.2. The van der Waals surface area contributed by atoms with Gasteiger partial charge in [-0.25, -0.2) is 4.57 Å². The molecule has 0 heterocycles. The van der Waals surface area contributed by atoms with Gasteiger partial charge in [-0.05, 0) is 77.0 Å². The second kappa shape index (κ2) is 47.0. The summed E-state index contributed by atoms with van der Waals surface area (Å²) in [6.45, 7) is 5.60. The first-order valence-corrected chi connectivity index (χ1v) is 27.9. The highest BCUT2D eigenvalue weighted by molar-refractivity contribution is 7.47. The molecule has 0 rings (SSSR count). The minimum Gasteiger partial charge on any atom is -0.457 e. The fraction of sp³-hybridized carbons (Fsp3) is 0.833. The Labute approximate surface area is 390 Å². The zero-order valence-corrected chi connectivity index (χ0v) is 43.0. The Balaban J connectivity index is 4.13. The van der Waals surface area contributed by atoms with Crippen molar-refractivity contribution in [2.75, 3.05) is 54.1 Å². The first-order valence-electron chi connectivity index (χ1n) is 26.4. The fourth-order valence-corrected chi connectivity index (χ4v) is 8.00. The maximum absolute atomic E-state index is 12.8. The van der Waals surface area contributed by atoms with Crippen LogP contribution in [-0.4, -0.2) is 75.6 Å². The number of allylic oxidation sites excluding steroid dienone is 8. The number of phosphoric acid groups is 1. The van der Waals surface area contributed by atoms with Gasteiger partial charge in [0.15, 0.2) is 0 Å². The molecule has 0 saturated heterocycles. The van der Waals surface area contributed by atoms with Crippen molar-refractivity contribution in [1.82, 2.24) is 0 Å². The Kier molecular flexibility index (Phi) is 45.8. The molecule has 8 nitrogen and oxygen atoms in total.